The van der Waals surface area contributed by atoms with E-state index < -0.39 is 0 Å². The van der Waals surface area contributed by atoms with Gasteiger partial charge in [-0.25, -0.2) is 0 Å². The van der Waals surface area contributed by atoms with Crippen LogP contribution in [0.25, 0.3) is 0 Å². The summed E-state index contributed by atoms with van der Waals surface area (Å²) in [6.07, 6.45) is 0. The standard InChI is InChI=1S/C8H7BrCl2/c1-5(9)6-2-7(10)4-8(11)3-6/h2-5H,1H3. The van der Waals surface area contributed by atoms with Crippen molar-refractivity contribution in [3.05, 3.63) is 33.8 Å². The average Bonchev–Trinajstić information content (AvgIpc) is 1.85. The Hall–Kier alpha value is 0.280. The third-order valence-electron chi connectivity index (χ3n) is 1.34. The summed E-state index contributed by atoms with van der Waals surface area (Å²) in [5.74, 6) is 0. The van der Waals surface area contributed by atoms with Gasteiger partial charge in [0.1, 0.15) is 0 Å². The van der Waals surface area contributed by atoms with Crippen LogP contribution in [-0.2, 0) is 0 Å². The minimum Gasteiger partial charge on any atom is -0.0843 e. The smallest absolute Gasteiger partial charge is 0.0423 e. The van der Waals surface area contributed by atoms with Gasteiger partial charge >= 0.3 is 0 Å². The van der Waals surface area contributed by atoms with Gasteiger partial charge in [0.2, 0.25) is 0 Å². The molecule has 0 aliphatic heterocycles. The molecule has 0 nitrogen and oxygen atoms in total. The molecule has 0 fully saturated rings. The second-order valence-electron chi connectivity index (χ2n) is 2.32. The molecule has 60 valence electrons. The fourth-order valence-electron chi connectivity index (χ4n) is 0.805. The van der Waals surface area contributed by atoms with Crippen LogP contribution in [0.1, 0.15) is 17.3 Å². The minimum atomic E-state index is 0.290. The van der Waals surface area contributed by atoms with Gasteiger partial charge < -0.3 is 0 Å². The van der Waals surface area contributed by atoms with Crippen LogP contribution in [0.5, 0.6) is 0 Å². The summed E-state index contributed by atoms with van der Waals surface area (Å²) in [6, 6.07) is 5.52. The van der Waals surface area contributed by atoms with Gasteiger partial charge in [-0.1, -0.05) is 39.1 Å². The number of rotatable bonds is 1. The van der Waals surface area contributed by atoms with Crippen LogP contribution in [0.2, 0.25) is 10.0 Å². The number of benzene rings is 1. The summed E-state index contributed by atoms with van der Waals surface area (Å²) < 4.78 is 0. The Balaban J connectivity index is 3.08. The Kier molecular flexibility index (Phi) is 3.23. The van der Waals surface area contributed by atoms with Gasteiger partial charge in [-0.3, -0.25) is 0 Å². The summed E-state index contributed by atoms with van der Waals surface area (Å²) in [5, 5.41) is 1.36. The van der Waals surface area contributed by atoms with E-state index in [0.717, 1.165) is 5.56 Å². The lowest BCUT2D eigenvalue weighted by Crippen LogP contribution is -1.82. The van der Waals surface area contributed by atoms with Gasteiger partial charge in [0.05, 0.1) is 0 Å². The van der Waals surface area contributed by atoms with Crippen LogP contribution in [0.15, 0.2) is 18.2 Å². The largest absolute Gasteiger partial charge is 0.0843 e. The fraction of sp³-hybridized carbons (Fsp3) is 0.250. The molecule has 0 heterocycles. The van der Waals surface area contributed by atoms with E-state index in [4.69, 9.17) is 23.2 Å². The molecule has 0 radical (unpaired) electrons. The molecular formula is C8H7BrCl2. The van der Waals surface area contributed by atoms with Gasteiger partial charge in [0, 0.05) is 14.9 Å². The van der Waals surface area contributed by atoms with Crippen LogP contribution < -0.4 is 0 Å². The number of halogens is 3. The lowest BCUT2D eigenvalue weighted by Gasteiger charge is -2.03. The van der Waals surface area contributed by atoms with E-state index in [1.54, 1.807) is 6.07 Å². The normalized spacial score (nSPS) is 13.1. The molecule has 0 aliphatic carbocycles. The van der Waals surface area contributed by atoms with E-state index in [-0.39, 0.29) is 0 Å². The van der Waals surface area contributed by atoms with E-state index in [1.165, 1.54) is 0 Å². The molecule has 1 aromatic rings. The first-order valence-electron chi connectivity index (χ1n) is 3.19. The number of hydrogen-bond acceptors (Lipinski definition) is 0. The maximum absolute atomic E-state index is 5.79. The van der Waals surface area contributed by atoms with Crippen molar-refractivity contribution in [3.8, 4) is 0 Å². The highest BCUT2D eigenvalue weighted by Crippen LogP contribution is 2.27. The van der Waals surface area contributed by atoms with Gasteiger partial charge in [0.15, 0.2) is 0 Å². The highest BCUT2D eigenvalue weighted by Gasteiger charge is 2.02. The molecule has 0 bridgehead atoms. The molecule has 1 rings (SSSR count). The predicted octanol–water partition coefficient (Wildman–Crippen LogP) is 4.45. The molecule has 1 unspecified atom stereocenters. The topological polar surface area (TPSA) is 0 Å². The molecule has 0 saturated carbocycles. The van der Waals surface area contributed by atoms with Crippen LogP contribution in [0, 0.1) is 0 Å². The van der Waals surface area contributed by atoms with E-state index in [2.05, 4.69) is 15.9 Å². The van der Waals surface area contributed by atoms with Crippen molar-refractivity contribution in [2.45, 2.75) is 11.8 Å². The molecule has 0 N–H and O–H groups in total. The highest BCUT2D eigenvalue weighted by atomic mass is 79.9. The fourth-order valence-corrected chi connectivity index (χ4v) is 1.61. The Bertz CT molecular complexity index is 238. The molecule has 0 aromatic heterocycles. The van der Waals surface area contributed by atoms with E-state index in [9.17, 15) is 0 Å². The molecule has 1 atom stereocenters. The van der Waals surface area contributed by atoms with Crippen molar-refractivity contribution in [1.82, 2.24) is 0 Å². The van der Waals surface area contributed by atoms with Gasteiger partial charge in [-0.05, 0) is 30.7 Å². The van der Waals surface area contributed by atoms with Gasteiger partial charge in [-0.2, -0.15) is 0 Å². The second kappa shape index (κ2) is 3.79. The lowest BCUT2D eigenvalue weighted by atomic mass is 10.2. The second-order valence-corrected chi connectivity index (χ2v) is 4.57. The van der Waals surface area contributed by atoms with Crippen LogP contribution in [-0.4, -0.2) is 0 Å². The van der Waals surface area contributed by atoms with E-state index in [1.807, 2.05) is 19.1 Å². The first-order chi connectivity index (χ1) is 5.09. The summed E-state index contributed by atoms with van der Waals surface area (Å²) >= 11 is 15.0. The molecule has 0 spiro atoms. The molecule has 0 aliphatic rings. The zero-order valence-corrected chi connectivity index (χ0v) is 9.04. The average molecular weight is 254 g/mol. The quantitative estimate of drug-likeness (QED) is 0.649. The summed E-state index contributed by atoms with van der Waals surface area (Å²) in [7, 11) is 0. The van der Waals surface area contributed by atoms with Crippen LogP contribution in [0.4, 0.5) is 0 Å². The minimum absolute atomic E-state index is 0.290. The van der Waals surface area contributed by atoms with E-state index >= 15 is 0 Å². The Morgan fingerprint density at radius 1 is 1.18 bits per heavy atom. The van der Waals surface area contributed by atoms with Crippen LogP contribution >= 0.6 is 39.1 Å². The molecule has 3 heteroatoms. The third kappa shape index (κ3) is 2.66. The van der Waals surface area contributed by atoms with Gasteiger partial charge in [0.25, 0.3) is 0 Å². The highest BCUT2D eigenvalue weighted by molar-refractivity contribution is 9.09. The summed E-state index contributed by atoms with van der Waals surface area (Å²) in [4.78, 5) is 0.290. The Labute approximate surface area is 84.6 Å². The predicted molar refractivity (Wildman–Crippen MR) is 53.8 cm³/mol. The monoisotopic (exact) mass is 252 g/mol. The van der Waals surface area contributed by atoms with Crippen molar-refractivity contribution in [2.75, 3.05) is 0 Å². The Morgan fingerprint density at radius 2 is 1.64 bits per heavy atom. The third-order valence-corrected chi connectivity index (χ3v) is 2.31. The Morgan fingerprint density at radius 3 is 2.00 bits per heavy atom. The molecule has 1 aromatic carbocycles. The molecule has 0 saturated heterocycles. The number of hydrogen-bond donors (Lipinski definition) is 0. The summed E-state index contributed by atoms with van der Waals surface area (Å²) in [5.41, 5.74) is 1.10. The lowest BCUT2D eigenvalue weighted by molar-refractivity contribution is 1.12. The van der Waals surface area contributed by atoms with Crippen molar-refractivity contribution < 1.29 is 0 Å². The molecular weight excluding hydrogens is 247 g/mol. The van der Waals surface area contributed by atoms with Crippen molar-refractivity contribution >= 4 is 39.1 Å². The van der Waals surface area contributed by atoms with E-state index in [0.29, 0.717) is 14.9 Å². The molecule has 0 amide bonds. The van der Waals surface area contributed by atoms with Gasteiger partial charge in [-0.15, -0.1) is 0 Å². The SMILES string of the molecule is CC(Br)c1cc(Cl)cc(Cl)c1. The van der Waals surface area contributed by atoms with Crippen molar-refractivity contribution in [2.24, 2.45) is 0 Å². The van der Waals surface area contributed by atoms with Crippen molar-refractivity contribution in [3.63, 3.8) is 0 Å². The zero-order chi connectivity index (χ0) is 8.43. The zero-order valence-electron chi connectivity index (χ0n) is 5.94. The first-order valence-corrected chi connectivity index (χ1v) is 4.87. The maximum atomic E-state index is 5.79. The van der Waals surface area contributed by atoms with Crippen molar-refractivity contribution in [1.29, 1.82) is 0 Å². The van der Waals surface area contributed by atoms with Crippen LogP contribution in [0.3, 0.4) is 0 Å². The first kappa shape index (κ1) is 9.37. The number of alkyl halides is 1. The maximum Gasteiger partial charge on any atom is 0.0423 e. The molecule has 11 heavy (non-hydrogen) atoms. The summed E-state index contributed by atoms with van der Waals surface area (Å²) in [6.45, 7) is 2.03.